The first-order valence-electron chi connectivity index (χ1n) is 4.57. The Morgan fingerprint density at radius 1 is 1.40 bits per heavy atom. The summed E-state index contributed by atoms with van der Waals surface area (Å²) in [6.07, 6.45) is 3.13. The zero-order valence-electron chi connectivity index (χ0n) is 8.43. The number of carbonyl (C=O) groups excluding carboxylic acids is 1. The molecule has 0 bridgehead atoms. The van der Waals surface area contributed by atoms with Crippen LogP contribution in [0.25, 0.3) is 6.08 Å². The molecule has 0 saturated heterocycles. The second kappa shape index (κ2) is 5.10. The molecule has 3 nitrogen and oxygen atoms in total. The summed E-state index contributed by atoms with van der Waals surface area (Å²) in [7, 11) is 0. The molecule has 0 aliphatic carbocycles. The third-order valence-corrected chi connectivity index (χ3v) is 1.82. The van der Waals surface area contributed by atoms with Crippen molar-refractivity contribution in [3.8, 4) is 0 Å². The van der Waals surface area contributed by atoms with Crippen LogP contribution in [-0.2, 0) is 16.0 Å². The van der Waals surface area contributed by atoms with E-state index in [1.54, 1.807) is 24.3 Å². The van der Waals surface area contributed by atoms with Gasteiger partial charge < -0.3 is 5.11 Å². The molecule has 0 aromatic heterocycles. The predicted octanol–water partition coefficient (Wildman–Crippen LogP) is 1.92. The molecule has 0 radical (unpaired) electrons. The molecule has 0 aliphatic rings. The molecule has 3 heteroatoms. The number of hydrogen-bond donors (Lipinski definition) is 1. The second-order valence-corrected chi connectivity index (χ2v) is 3.26. The number of carbonyl (C=O) groups is 2. The van der Waals surface area contributed by atoms with E-state index in [4.69, 9.17) is 5.11 Å². The lowest BCUT2D eigenvalue weighted by Crippen LogP contribution is -1.99. The van der Waals surface area contributed by atoms with Crippen molar-refractivity contribution in [2.45, 2.75) is 13.3 Å². The van der Waals surface area contributed by atoms with Gasteiger partial charge in [-0.2, -0.15) is 0 Å². The zero-order valence-corrected chi connectivity index (χ0v) is 8.43. The van der Waals surface area contributed by atoms with E-state index in [0.717, 1.165) is 11.1 Å². The normalized spacial score (nSPS) is 10.5. The fourth-order valence-corrected chi connectivity index (χ4v) is 1.19. The van der Waals surface area contributed by atoms with Gasteiger partial charge in [-0.15, -0.1) is 0 Å². The van der Waals surface area contributed by atoms with E-state index in [2.05, 4.69) is 0 Å². The Balaban J connectivity index is 2.82. The largest absolute Gasteiger partial charge is 0.481 e. The third-order valence-electron chi connectivity index (χ3n) is 1.82. The van der Waals surface area contributed by atoms with Gasteiger partial charge in [0.1, 0.15) is 0 Å². The van der Waals surface area contributed by atoms with Crippen LogP contribution in [0.2, 0.25) is 0 Å². The van der Waals surface area contributed by atoms with Gasteiger partial charge >= 0.3 is 5.97 Å². The summed E-state index contributed by atoms with van der Waals surface area (Å²) in [5, 5.41) is 8.60. The molecule has 0 amide bonds. The lowest BCUT2D eigenvalue weighted by atomic mass is 10.1. The van der Waals surface area contributed by atoms with Crippen LogP contribution in [0.5, 0.6) is 0 Å². The highest BCUT2D eigenvalue weighted by Gasteiger charge is 1.99. The number of allylic oxidation sites excluding steroid dienone is 1. The minimum atomic E-state index is -0.859. The Hall–Kier alpha value is -1.90. The van der Waals surface area contributed by atoms with E-state index in [0.29, 0.717) is 0 Å². The van der Waals surface area contributed by atoms with Gasteiger partial charge in [0.15, 0.2) is 5.78 Å². The van der Waals surface area contributed by atoms with Gasteiger partial charge in [-0.1, -0.05) is 30.3 Å². The average Bonchev–Trinajstić information content (AvgIpc) is 2.14. The third kappa shape index (κ3) is 4.22. The highest BCUT2D eigenvalue weighted by molar-refractivity contribution is 5.91. The summed E-state index contributed by atoms with van der Waals surface area (Å²) in [6.45, 7) is 1.47. The van der Waals surface area contributed by atoms with Gasteiger partial charge in [-0.25, -0.2) is 0 Å². The van der Waals surface area contributed by atoms with Crippen molar-refractivity contribution in [2.24, 2.45) is 0 Å². The van der Waals surface area contributed by atoms with Crippen molar-refractivity contribution < 1.29 is 14.7 Å². The van der Waals surface area contributed by atoms with Crippen molar-refractivity contribution in [1.82, 2.24) is 0 Å². The van der Waals surface area contributed by atoms with Crippen molar-refractivity contribution in [3.05, 3.63) is 41.5 Å². The highest BCUT2D eigenvalue weighted by Crippen LogP contribution is 2.07. The van der Waals surface area contributed by atoms with E-state index >= 15 is 0 Å². The number of hydrogen-bond acceptors (Lipinski definition) is 2. The molecule has 0 unspecified atom stereocenters. The maximum absolute atomic E-state index is 10.7. The van der Waals surface area contributed by atoms with Gasteiger partial charge in [-0.05, 0) is 24.1 Å². The van der Waals surface area contributed by atoms with Crippen molar-refractivity contribution in [3.63, 3.8) is 0 Å². The number of aliphatic carboxylic acids is 1. The van der Waals surface area contributed by atoms with Gasteiger partial charge in [0.2, 0.25) is 0 Å². The Labute approximate surface area is 88.0 Å². The molecule has 0 spiro atoms. The Bertz CT molecular complexity index is 405. The number of rotatable bonds is 4. The van der Waals surface area contributed by atoms with Crippen molar-refractivity contribution in [1.29, 1.82) is 0 Å². The van der Waals surface area contributed by atoms with Crippen LogP contribution >= 0.6 is 0 Å². The van der Waals surface area contributed by atoms with E-state index in [-0.39, 0.29) is 12.2 Å². The minimum absolute atomic E-state index is 0.00174. The summed E-state index contributed by atoms with van der Waals surface area (Å²) in [6, 6.07) is 7.11. The average molecular weight is 204 g/mol. The van der Waals surface area contributed by atoms with Crippen molar-refractivity contribution in [2.75, 3.05) is 0 Å². The number of carboxylic acids is 1. The standard InChI is InChI=1S/C12H12O3/c1-9(13)5-6-10-3-2-4-11(7-10)8-12(14)15/h2-7H,8H2,1H3,(H,14,15)/b6-5+. The Morgan fingerprint density at radius 2 is 2.13 bits per heavy atom. The first-order chi connectivity index (χ1) is 7.08. The van der Waals surface area contributed by atoms with Gasteiger partial charge in [0.05, 0.1) is 6.42 Å². The quantitative estimate of drug-likeness (QED) is 0.762. The van der Waals surface area contributed by atoms with Crippen LogP contribution in [-0.4, -0.2) is 16.9 Å². The molecule has 1 aromatic rings. The smallest absolute Gasteiger partial charge is 0.307 e. The topological polar surface area (TPSA) is 54.4 Å². The van der Waals surface area contributed by atoms with Crippen LogP contribution in [0.4, 0.5) is 0 Å². The summed E-state index contributed by atoms with van der Waals surface area (Å²) in [5.41, 5.74) is 1.57. The molecule has 0 saturated carbocycles. The second-order valence-electron chi connectivity index (χ2n) is 3.26. The van der Waals surface area contributed by atoms with E-state index < -0.39 is 5.97 Å². The van der Waals surface area contributed by atoms with Crippen LogP contribution in [0.15, 0.2) is 30.3 Å². The summed E-state index contributed by atoms with van der Waals surface area (Å²) < 4.78 is 0. The molecule has 0 fully saturated rings. The fraction of sp³-hybridized carbons (Fsp3) is 0.167. The molecule has 1 aromatic carbocycles. The highest BCUT2D eigenvalue weighted by atomic mass is 16.4. The molecule has 15 heavy (non-hydrogen) atoms. The molecular formula is C12H12O3. The van der Waals surface area contributed by atoms with Crippen LogP contribution in [0, 0.1) is 0 Å². The van der Waals surface area contributed by atoms with Crippen LogP contribution in [0.1, 0.15) is 18.1 Å². The first-order valence-corrected chi connectivity index (χ1v) is 4.57. The molecule has 1 rings (SSSR count). The van der Waals surface area contributed by atoms with Crippen LogP contribution in [0.3, 0.4) is 0 Å². The Kier molecular flexibility index (Phi) is 3.80. The van der Waals surface area contributed by atoms with Crippen molar-refractivity contribution >= 4 is 17.8 Å². The maximum atomic E-state index is 10.7. The van der Waals surface area contributed by atoms with Crippen LogP contribution < -0.4 is 0 Å². The van der Waals surface area contributed by atoms with E-state index in [1.165, 1.54) is 13.0 Å². The SMILES string of the molecule is CC(=O)/C=C/c1cccc(CC(=O)O)c1. The van der Waals surface area contributed by atoms with E-state index in [9.17, 15) is 9.59 Å². The fourth-order valence-electron chi connectivity index (χ4n) is 1.19. The number of benzene rings is 1. The van der Waals surface area contributed by atoms with Gasteiger partial charge in [-0.3, -0.25) is 9.59 Å². The summed E-state index contributed by atoms with van der Waals surface area (Å²) in [5.74, 6) is -0.888. The molecule has 78 valence electrons. The van der Waals surface area contributed by atoms with Gasteiger partial charge in [0.25, 0.3) is 0 Å². The lowest BCUT2D eigenvalue weighted by molar-refractivity contribution is -0.136. The summed E-state index contributed by atoms with van der Waals surface area (Å²) >= 11 is 0. The zero-order chi connectivity index (χ0) is 11.3. The lowest BCUT2D eigenvalue weighted by Gasteiger charge is -1.98. The predicted molar refractivity (Wildman–Crippen MR) is 57.5 cm³/mol. The maximum Gasteiger partial charge on any atom is 0.307 e. The molecular weight excluding hydrogens is 192 g/mol. The number of ketones is 1. The molecule has 0 heterocycles. The molecule has 1 N–H and O–H groups in total. The summed E-state index contributed by atoms with van der Waals surface area (Å²) in [4.78, 5) is 21.2. The Morgan fingerprint density at radius 3 is 2.73 bits per heavy atom. The number of carboxylic acid groups (broad SMARTS) is 1. The van der Waals surface area contributed by atoms with E-state index in [1.807, 2.05) is 6.07 Å². The van der Waals surface area contributed by atoms with Gasteiger partial charge in [0, 0.05) is 0 Å². The monoisotopic (exact) mass is 204 g/mol. The molecule has 0 aliphatic heterocycles. The minimum Gasteiger partial charge on any atom is -0.481 e. The molecule has 0 atom stereocenters. The first kappa shape index (κ1) is 11.2.